The molecule has 0 radical (unpaired) electrons. The maximum atomic E-state index is 4.44. The number of nitrogens with one attached hydrogen (secondary N) is 1. The lowest BCUT2D eigenvalue weighted by Gasteiger charge is -2.59. The fourth-order valence-electron chi connectivity index (χ4n) is 6.17. The first-order chi connectivity index (χ1) is 10.2. The third-order valence-corrected chi connectivity index (χ3v) is 6.50. The SMILES string of the molecule is CCNC(c1cnccc1C)C12CC3CC(CC(C3)C1)C2. The van der Waals surface area contributed by atoms with Crippen LogP contribution in [-0.2, 0) is 0 Å². The Labute approximate surface area is 128 Å². The van der Waals surface area contributed by atoms with E-state index in [9.17, 15) is 0 Å². The van der Waals surface area contributed by atoms with Gasteiger partial charge in [0, 0.05) is 18.4 Å². The van der Waals surface area contributed by atoms with Crippen LogP contribution < -0.4 is 5.32 Å². The third-order valence-electron chi connectivity index (χ3n) is 6.50. The van der Waals surface area contributed by atoms with Crippen LogP contribution in [0.1, 0.15) is 62.6 Å². The summed E-state index contributed by atoms with van der Waals surface area (Å²) in [6.07, 6.45) is 13.0. The second-order valence-electron chi connectivity index (χ2n) is 8.00. The molecule has 4 aliphatic carbocycles. The van der Waals surface area contributed by atoms with Gasteiger partial charge in [-0.05, 0) is 92.4 Å². The minimum atomic E-state index is 0.512. The van der Waals surface area contributed by atoms with Crippen molar-refractivity contribution in [3.63, 3.8) is 0 Å². The van der Waals surface area contributed by atoms with Gasteiger partial charge >= 0.3 is 0 Å². The second kappa shape index (κ2) is 5.08. The zero-order valence-electron chi connectivity index (χ0n) is 13.4. The van der Waals surface area contributed by atoms with E-state index in [2.05, 4.69) is 36.4 Å². The van der Waals surface area contributed by atoms with Gasteiger partial charge in [-0.15, -0.1) is 0 Å². The van der Waals surface area contributed by atoms with Crippen LogP contribution in [0.2, 0.25) is 0 Å². The third kappa shape index (κ3) is 2.23. The van der Waals surface area contributed by atoms with Crippen LogP contribution in [0.5, 0.6) is 0 Å². The Hall–Kier alpha value is -0.890. The van der Waals surface area contributed by atoms with Gasteiger partial charge in [-0.25, -0.2) is 0 Å². The molecule has 5 rings (SSSR count). The van der Waals surface area contributed by atoms with E-state index >= 15 is 0 Å². The number of aryl methyl sites for hydroxylation is 1. The van der Waals surface area contributed by atoms with Crippen molar-refractivity contribution < 1.29 is 0 Å². The first-order valence-electron chi connectivity index (χ1n) is 8.84. The van der Waals surface area contributed by atoms with Gasteiger partial charge < -0.3 is 5.32 Å². The van der Waals surface area contributed by atoms with Crippen LogP contribution >= 0.6 is 0 Å². The first kappa shape index (κ1) is 13.8. The van der Waals surface area contributed by atoms with Crippen molar-refractivity contribution in [2.45, 2.75) is 58.4 Å². The fraction of sp³-hybridized carbons (Fsp3) is 0.737. The van der Waals surface area contributed by atoms with E-state index < -0.39 is 0 Å². The summed E-state index contributed by atoms with van der Waals surface area (Å²) < 4.78 is 0. The monoisotopic (exact) mass is 284 g/mol. The topological polar surface area (TPSA) is 24.9 Å². The van der Waals surface area contributed by atoms with E-state index in [1.165, 1.54) is 49.7 Å². The molecule has 1 atom stereocenters. The summed E-state index contributed by atoms with van der Waals surface area (Å²) in [7, 11) is 0. The summed E-state index contributed by atoms with van der Waals surface area (Å²) in [5.74, 6) is 3.03. The van der Waals surface area contributed by atoms with E-state index in [0.29, 0.717) is 11.5 Å². The Morgan fingerprint density at radius 3 is 2.33 bits per heavy atom. The minimum absolute atomic E-state index is 0.512. The van der Waals surface area contributed by atoms with E-state index in [1.807, 2.05) is 6.20 Å². The summed E-state index contributed by atoms with van der Waals surface area (Å²) in [5.41, 5.74) is 3.38. The standard InChI is InChI=1S/C19H28N2/c1-3-21-18(17-12-20-5-4-13(17)2)19-9-14-6-15(10-19)8-16(7-14)11-19/h4-5,12,14-16,18,21H,3,6-11H2,1-2H3. The minimum Gasteiger partial charge on any atom is -0.310 e. The van der Waals surface area contributed by atoms with Crippen LogP contribution in [0.3, 0.4) is 0 Å². The summed E-state index contributed by atoms with van der Waals surface area (Å²) in [5, 5.41) is 3.86. The van der Waals surface area contributed by atoms with Gasteiger partial charge in [0.15, 0.2) is 0 Å². The number of nitrogens with zero attached hydrogens (tertiary/aromatic N) is 1. The Morgan fingerprint density at radius 2 is 1.81 bits per heavy atom. The number of rotatable bonds is 4. The average molecular weight is 284 g/mol. The van der Waals surface area contributed by atoms with E-state index in [4.69, 9.17) is 0 Å². The lowest BCUT2D eigenvalue weighted by molar-refractivity contribution is -0.0747. The lowest BCUT2D eigenvalue weighted by Crippen LogP contribution is -2.52. The molecule has 114 valence electrons. The summed E-state index contributed by atoms with van der Waals surface area (Å²) >= 11 is 0. The lowest BCUT2D eigenvalue weighted by atomic mass is 9.47. The highest BCUT2D eigenvalue weighted by Gasteiger charge is 2.54. The normalized spacial score (nSPS) is 38.7. The molecule has 1 unspecified atom stereocenters. The molecular weight excluding hydrogens is 256 g/mol. The number of hydrogen-bond acceptors (Lipinski definition) is 2. The van der Waals surface area contributed by atoms with Gasteiger partial charge in [-0.2, -0.15) is 0 Å². The molecule has 1 aromatic heterocycles. The largest absolute Gasteiger partial charge is 0.310 e. The fourth-order valence-corrected chi connectivity index (χ4v) is 6.17. The highest BCUT2D eigenvalue weighted by atomic mass is 14.9. The van der Waals surface area contributed by atoms with Crippen LogP contribution in [0.25, 0.3) is 0 Å². The molecule has 0 aliphatic heterocycles. The van der Waals surface area contributed by atoms with E-state index in [0.717, 1.165) is 24.3 Å². The Kier molecular flexibility index (Phi) is 3.33. The molecular formula is C19H28N2. The molecule has 1 heterocycles. The van der Waals surface area contributed by atoms with E-state index in [1.54, 1.807) is 0 Å². The van der Waals surface area contributed by atoms with Crippen molar-refractivity contribution in [1.82, 2.24) is 10.3 Å². The van der Waals surface area contributed by atoms with Crippen LogP contribution in [-0.4, -0.2) is 11.5 Å². The molecule has 2 heteroatoms. The summed E-state index contributed by atoms with van der Waals surface area (Å²) in [6.45, 7) is 5.56. The highest BCUT2D eigenvalue weighted by molar-refractivity contribution is 5.28. The number of hydrogen-bond donors (Lipinski definition) is 1. The molecule has 4 fully saturated rings. The maximum absolute atomic E-state index is 4.44. The molecule has 4 saturated carbocycles. The molecule has 0 saturated heterocycles. The van der Waals surface area contributed by atoms with Crippen LogP contribution in [0.15, 0.2) is 18.5 Å². The van der Waals surface area contributed by atoms with E-state index in [-0.39, 0.29) is 0 Å². The molecule has 0 aromatic carbocycles. The van der Waals surface area contributed by atoms with Crippen LogP contribution in [0.4, 0.5) is 0 Å². The van der Waals surface area contributed by atoms with Gasteiger partial charge in [-0.3, -0.25) is 4.98 Å². The van der Waals surface area contributed by atoms with Gasteiger partial charge in [-0.1, -0.05) is 6.92 Å². The van der Waals surface area contributed by atoms with Gasteiger partial charge in [0.05, 0.1) is 0 Å². The molecule has 0 spiro atoms. The van der Waals surface area contributed by atoms with Crippen molar-refractivity contribution in [2.75, 3.05) is 6.54 Å². The molecule has 4 aliphatic rings. The quantitative estimate of drug-likeness (QED) is 0.893. The summed E-state index contributed by atoms with van der Waals surface area (Å²) in [4.78, 5) is 4.44. The maximum Gasteiger partial charge on any atom is 0.0395 e. The molecule has 1 N–H and O–H groups in total. The zero-order chi connectivity index (χ0) is 14.4. The molecule has 0 amide bonds. The number of aromatic nitrogens is 1. The predicted octanol–water partition coefficient (Wildman–Crippen LogP) is 4.26. The number of pyridine rings is 1. The first-order valence-corrected chi connectivity index (χ1v) is 8.84. The molecule has 1 aromatic rings. The van der Waals surface area contributed by atoms with Gasteiger partial charge in [0.25, 0.3) is 0 Å². The van der Waals surface area contributed by atoms with Crippen molar-refractivity contribution in [3.8, 4) is 0 Å². The van der Waals surface area contributed by atoms with Crippen molar-refractivity contribution in [2.24, 2.45) is 23.2 Å². The predicted molar refractivity (Wildman–Crippen MR) is 86.0 cm³/mol. The zero-order valence-corrected chi connectivity index (χ0v) is 13.4. The van der Waals surface area contributed by atoms with Crippen molar-refractivity contribution >= 4 is 0 Å². The van der Waals surface area contributed by atoms with Crippen molar-refractivity contribution in [3.05, 3.63) is 29.6 Å². The summed E-state index contributed by atoms with van der Waals surface area (Å²) in [6, 6.07) is 2.70. The Bertz CT molecular complexity index is 487. The smallest absolute Gasteiger partial charge is 0.0395 e. The highest BCUT2D eigenvalue weighted by Crippen LogP contribution is 2.64. The Morgan fingerprint density at radius 1 is 1.19 bits per heavy atom. The molecule has 21 heavy (non-hydrogen) atoms. The second-order valence-corrected chi connectivity index (χ2v) is 8.00. The van der Waals surface area contributed by atoms with Gasteiger partial charge in [0.1, 0.15) is 0 Å². The van der Waals surface area contributed by atoms with Gasteiger partial charge in [0.2, 0.25) is 0 Å². The molecule has 2 nitrogen and oxygen atoms in total. The van der Waals surface area contributed by atoms with Crippen molar-refractivity contribution in [1.29, 1.82) is 0 Å². The molecule has 4 bridgehead atoms. The Balaban J connectivity index is 1.72. The average Bonchev–Trinajstić information content (AvgIpc) is 2.44. The van der Waals surface area contributed by atoms with Crippen LogP contribution in [0, 0.1) is 30.1 Å².